The summed E-state index contributed by atoms with van der Waals surface area (Å²) in [5.41, 5.74) is 2.63. The molecule has 0 aromatic heterocycles. The fourth-order valence-corrected chi connectivity index (χ4v) is 0.359. The number of ether oxygens (including phenoxy) is 1. The van der Waals surface area contributed by atoms with E-state index in [1.54, 1.807) is 13.2 Å². The van der Waals surface area contributed by atoms with Crippen LogP contribution in [0.5, 0.6) is 0 Å². The summed E-state index contributed by atoms with van der Waals surface area (Å²) in [6, 6.07) is 0. The molecule has 0 spiro atoms. The van der Waals surface area contributed by atoms with Crippen molar-refractivity contribution in [3.05, 3.63) is 30.7 Å². The van der Waals surface area contributed by atoms with Gasteiger partial charge in [0.1, 0.15) is 5.76 Å². The second kappa shape index (κ2) is 4.23. The van der Waals surface area contributed by atoms with Crippen molar-refractivity contribution >= 4 is 0 Å². The zero-order valence-corrected chi connectivity index (χ0v) is 5.11. The van der Waals surface area contributed by atoms with Gasteiger partial charge in [0.15, 0.2) is 0 Å². The molecule has 0 aromatic carbocycles. The number of rotatable bonds is 3. The van der Waals surface area contributed by atoms with Gasteiger partial charge in [-0.15, -0.1) is 6.58 Å². The van der Waals surface area contributed by atoms with E-state index in [0.717, 1.165) is 5.76 Å². The number of methoxy groups -OCH3 is 1. The molecule has 0 radical (unpaired) electrons. The molecule has 0 saturated heterocycles. The lowest BCUT2D eigenvalue weighted by molar-refractivity contribution is 0.286. The first-order valence-corrected chi connectivity index (χ1v) is 2.39. The molecule has 0 aromatic rings. The molecule has 0 bridgehead atoms. The maximum atomic E-state index is 4.81. The summed E-state index contributed by atoms with van der Waals surface area (Å²) in [6.07, 6.45) is 2.46. The fourth-order valence-electron chi connectivity index (χ4n) is 0.359. The van der Waals surface area contributed by atoms with Gasteiger partial charge in [0.2, 0.25) is 0 Å². The molecule has 44 valence electrons. The van der Waals surface area contributed by atoms with Crippen LogP contribution in [0.3, 0.4) is 0 Å². The fraction of sp³-hybridized carbons (Fsp3) is 0.286. The molecule has 1 nitrogen and oxygen atoms in total. The van der Waals surface area contributed by atoms with Crippen molar-refractivity contribution in [2.45, 2.75) is 6.42 Å². The molecule has 0 aliphatic rings. The van der Waals surface area contributed by atoms with E-state index < -0.39 is 0 Å². The van der Waals surface area contributed by atoms with Gasteiger partial charge in [-0.05, 0) is 0 Å². The van der Waals surface area contributed by atoms with Crippen molar-refractivity contribution in [1.29, 1.82) is 0 Å². The predicted molar refractivity (Wildman–Crippen MR) is 34.5 cm³/mol. The second-order valence-electron chi connectivity index (χ2n) is 1.30. The Morgan fingerprint density at radius 1 is 1.88 bits per heavy atom. The molecule has 0 atom stereocenters. The summed E-state index contributed by atoms with van der Waals surface area (Å²) >= 11 is 0. The quantitative estimate of drug-likeness (QED) is 0.306. The molecule has 0 fully saturated rings. The summed E-state index contributed by atoms with van der Waals surface area (Å²) < 4.78 is 4.81. The van der Waals surface area contributed by atoms with Crippen LogP contribution in [0.2, 0.25) is 0 Å². The lowest BCUT2D eigenvalue weighted by Crippen LogP contribution is -1.79. The molecule has 0 unspecified atom stereocenters. The molecule has 1 heteroatoms. The number of hydrogen-bond donors (Lipinski definition) is 0. The third-order valence-electron chi connectivity index (χ3n) is 0.773. The second-order valence-corrected chi connectivity index (χ2v) is 1.30. The van der Waals surface area contributed by atoms with Crippen LogP contribution in [0, 0.1) is 0 Å². The van der Waals surface area contributed by atoms with Crippen LogP contribution < -0.4 is 0 Å². The Bertz CT molecular complexity index is 118. The van der Waals surface area contributed by atoms with E-state index >= 15 is 0 Å². The molecule has 8 heavy (non-hydrogen) atoms. The van der Waals surface area contributed by atoms with Crippen molar-refractivity contribution in [2.24, 2.45) is 0 Å². The minimum atomic E-state index is 0.708. The number of allylic oxidation sites excluding steroid dienone is 1. The highest BCUT2D eigenvalue weighted by Gasteiger charge is 1.84. The van der Waals surface area contributed by atoms with Crippen LogP contribution in [-0.2, 0) is 4.74 Å². The third kappa shape index (κ3) is 2.27. The van der Waals surface area contributed by atoms with Gasteiger partial charge in [0, 0.05) is 6.42 Å². The van der Waals surface area contributed by atoms with Crippen LogP contribution >= 0.6 is 0 Å². The van der Waals surface area contributed by atoms with Crippen LogP contribution in [0.15, 0.2) is 30.7 Å². The van der Waals surface area contributed by atoms with Crippen molar-refractivity contribution in [1.82, 2.24) is 0 Å². The van der Waals surface area contributed by atoms with E-state index in [1.165, 1.54) is 0 Å². The first-order valence-electron chi connectivity index (χ1n) is 2.39. The van der Waals surface area contributed by atoms with Gasteiger partial charge >= 0.3 is 0 Å². The Hall–Kier alpha value is -0.940. The number of hydrogen-bond acceptors (Lipinski definition) is 1. The Kier molecular flexibility index (Phi) is 3.73. The first-order chi connectivity index (χ1) is 3.85. The van der Waals surface area contributed by atoms with Crippen molar-refractivity contribution in [3.63, 3.8) is 0 Å². The van der Waals surface area contributed by atoms with Gasteiger partial charge in [0.25, 0.3) is 0 Å². The third-order valence-corrected chi connectivity index (χ3v) is 0.773. The maximum Gasteiger partial charge on any atom is 0.141 e. The van der Waals surface area contributed by atoms with E-state index in [9.17, 15) is 0 Å². The van der Waals surface area contributed by atoms with Gasteiger partial charge in [-0.2, -0.15) is 0 Å². The topological polar surface area (TPSA) is 9.23 Å². The van der Waals surface area contributed by atoms with Gasteiger partial charge in [-0.25, -0.2) is 0 Å². The molecule has 0 aliphatic carbocycles. The van der Waals surface area contributed by atoms with Gasteiger partial charge in [-0.3, -0.25) is 0 Å². The highest BCUT2D eigenvalue weighted by molar-refractivity contribution is 4.94. The molecule has 0 heterocycles. The SMILES string of the molecule is C=C=C(CC=C)OC. The maximum absolute atomic E-state index is 4.81. The molecule has 0 N–H and O–H groups in total. The average molecular weight is 110 g/mol. The smallest absolute Gasteiger partial charge is 0.141 e. The summed E-state index contributed by atoms with van der Waals surface area (Å²) in [5, 5.41) is 0. The molecular formula is C7H10O. The largest absolute Gasteiger partial charge is 0.493 e. The minimum absolute atomic E-state index is 0.708. The molecule has 0 amide bonds. The Balaban J connectivity index is 3.72. The van der Waals surface area contributed by atoms with Crippen molar-refractivity contribution < 1.29 is 4.74 Å². The summed E-state index contributed by atoms with van der Waals surface area (Å²) in [7, 11) is 1.59. The van der Waals surface area contributed by atoms with Crippen LogP contribution in [0.1, 0.15) is 6.42 Å². The van der Waals surface area contributed by atoms with Gasteiger partial charge < -0.3 is 4.74 Å². The molecule has 0 rings (SSSR count). The molecule has 0 saturated carbocycles. The lowest BCUT2D eigenvalue weighted by atomic mass is 10.4. The predicted octanol–water partition coefficient (Wildman–Crippen LogP) is 1.88. The molecular weight excluding hydrogens is 100 g/mol. The summed E-state index contributed by atoms with van der Waals surface area (Å²) in [4.78, 5) is 0. The lowest BCUT2D eigenvalue weighted by Gasteiger charge is -1.95. The molecule has 0 aliphatic heterocycles. The standard InChI is InChI=1S/C7H10O/c1-4-6-7(5-2)8-3/h4H,1-2,6H2,3H3. The highest BCUT2D eigenvalue weighted by atomic mass is 16.5. The average Bonchev–Trinajstić information content (AvgIpc) is 1.83. The van der Waals surface area contributed by atoms with Gasteiger partial charge in [-0.1, -0.05) is 18.4 Å². The van der Waals surface area contributed by atoms with Crippen LogP contribution in [-0.4, -0.2) is 7.11 Å². The van der Waals surface area contributed by atoms with E-state index in [-0.39, 0.29) is 0 Å². The van der Waals surface area contributed by atoms with Crippen molar-refractivity contribution in [3.8, 4) is 0 Å². The normalized spacial score (nSPS) is 7.12. The Morgan fingerprint density at radius 3 is 2.62 bits per heavy atom. The Labute approximate surface area is 50.0 Å². The van der Waals surface area contributed by atoms with Crippen LogP contribution in [0.4, 0.5) is 0 Å². The zero-order chi connectivity index (χ0) is 6.41. The zero-order valence-electron chi connectivity index (χ0n) is 5.11. The van der Waals surface area contributed by atoms with E-state index in [2.05, 4.69) is 18.9 Å². The van der Waals surface area contributed by atoms with E-state index in [4.69, 9.17) is 4.74 Å². The van der Waals surface area contributed by atoms with Crippen LogP contribution in [0.25, 0.3) is 0 Å². The van der Waals surface area contributed by atoms with Crippen molar-refractivity contribution in [2.75, 3.05) is 7.11 Å². The van der Waals surface area contributed by atoms with E-state index in [0.29, 0.717) is 6.42 Å². The summed E-state index contributed by atoms with van der Waals surface area (Å²) in [6.45, 7) is 6.94. The Morgan fingerprint density at radius 2 is 2.50 bits per heavy atom. The first kappa shape index (κ1) is 7.06. The minimum Gasteiger partial charge on any atom is -0.493 e. The van der Waals surface area contributed by atoms with E-state index in [1.807, 2.05) is 0 Å². The highest BCUT2D eigenvalue weighted by Crippen LogP contribution is 1.97. The summed E-state index contributed by atoms with van der Waals surface area (Å²) in [5.74, 6) is 0.736. The van der Waals surface area contributed by atoms with Gasteiger partial charge in [0.05, 0.1) is 7.11 Å². The monoisotopic (exact) mass is 110 g/mol.